The van der Waals surface area contributed by atoms with E-state index in [0.29, 0.717) is 20.1 Å². The lowest BCUT2D eigenvalue weighted by molar-refractivity contribution is 0.0998. The number of hydrogen-bond donors (Lipinski definition) is 1. The predicted molar refractivity (Wildman–Crippen MR) is 98.7 cm³/mol. The van der Waals surface area contributed by atoms with Crippen LogP contribution in [0.3, 0.4) is 0 Å². The first-order valence-corrected chi connectivity index (χ1v) is 8.53. The van der Waals surface area contributed by atoms with Crippen LogP contribution in [0.15, 0.2) is 47.7 Å². The van der Waals surface area contributed by atoms with E-state index in [1.807, 2.05) is 50.5 Å². The second-order valence-electron chi connectivity index (χ2n) is 5.63. The molecule has 24 heavy (non-hydrogen) atoms. The lowest BCUT2D eigenvalue weighted by Gasteiger charge is -2.18. The van der Waals surface area contributed by atoms with E-state index >= 15 is 0 Å². The van der Waals surface area contributed by atoms with E-state index in [9.17, 15) is 4.79 Å². The molecule has 7 heteroatoms. The maximum atomic E-state index is 11.8. The topological polar surface area (TPSA) is 64.7 Å². The van der Waals surface area contributed by atoms with E-state index in [0.717, 1.165) is 10.6 Å². The number of hydrogen-bond acceptors (Lipinski definition) is 4. The summed E-state index contributed by atoms with van der Waals surface area (Å²) in [6, 6.07) is 9.29. The minimum absolute atomic E-state index is 0.313. The molecule has 2 N–H and O–H groups in total. The lowest BCUT2D eigenvalue weighted by atomic mass is 10.1. The van der Waals surface area contributed by atoms with Crippen LogP contribution in [0.4, 0.5) is 5.00 Å². The Morgan fingerprint density at radius 3 is 2.79 bits per heavy atom. The molecule has 0 saturated heterocycles. The standard InChI is InChI=1S/C17H16ClN3O2S/c1-11(12-5-3-4-6-13(12)18)23-14-9-15(24-16(14)17(19)22)21(2)8-7-20-10-21/h3-11H,1-2H3,(H-,19,22)/p+1. The number of rotatable bonds is 5. The number of primary amides is 1. The summed E-state index contributed by atoms with van der Waals surface area (Å²) in [5.74, 6) is -0.0534. The van der Waals surface area contributed by atoms with Gasteiger partial charge in [0, 0.05) is 10.6 Å². The summed E-state index contributed by atoms with van der Waals surface area (Å²) in [6.07, 6.45) is 5.10. The molecule has 3 rings (SSSR count). The molecular weight excluding hydrogens is 346 g/mol. The summed E-state index contributed by atoms with van der Waals surface area (Å²) >= 11 is 7.52. The Labute approximate surface area is 149 Å². The van der Waals surface area contributed by atoms with Crippen molar-refractivity contribution < 1.29 is 9.53 Å². The average Bonchev–Trinajstić information content (AvgIpc) is 3.15. The summed E-state index contributed by atoms with van der Waals surface area (Å²) in [7, 11) is 1.96. The highest BCUT2D eigenvalue weighted by molar-refractivity contribution is 7.18. The predicted octanol–water partition coefficient (Wildman–Crippen LogP) is 4.09. The van der Waals surface area contributed by atoms with Gasteiger partial charge >= 0.3 is 0 Å². The number of thiophene rings is 1. The summed E-state index contributed by atoms with van der Waals surface area (Å²) in [5.41, 5.74) is 6.37. The van der Waals surface area contributed by atoms with Crippen molar-refractivity contribution in [2.75, 3.05) is 7.05 Å². The van der Waals surface area contributed by atoms with Crippen LogP contribution in [-0.4, -0.2) is 19.3 Å². The van der Waals surface area contributed by atoms with Crippen molar-refractivity contribution in [3.63, 3.8) is 0 Å². The number of aliphatic imine (C=N–C) groups is 1. The van der Waals surface area contributed by atoms with Crippen LogP contribution in [-0.2, 0) is 0 Å². The molecule has 124 valence electrons. The molecule has 0 spiro atoms. The Bertz CT molecular complexity index is 832. The number of benzene rings is 1. The van der Waals surface area contributed by atoms with Crippen molar-refractivity contribution in [2.45, 2.75) is 13.0 Å². The van der Waals surface area contributed by atoms with Gasteiger partial charge in [-0.15, -0.1) is 0 Å². The zero-order valence-electron chi connectivity index (χ0n) is 13.3. The highest BCUT2D eigenvalue weighted by Crippen LogP contribution is 2.40. The van der Waals surface area contributed by atoms with Gasteiger partial charge in [-0.05, 0) is 13.0 Å². The molecule has 0 saturated carbocycles. The maximum absolute atomic E-state index is 11.8. The molecule has 1 aliphatic rings. The van der Waals surface area contributed by atoms with Crippen LogP contribution < -0.4 is 15.0 Å². The van der Waals surface area contributed by atoms with Crippen molar-refractivity contribution >= 4 is 40.2 Å². The Morgan fingerprint density at radius 1 is 1.42 bits per heavy atom. The van der Waals surface area contributed by atoms with Crippen LogP contribution >= 0.6 is 22.9 Å². The van der Waals surface area contributed by atoms with Gasteiger partial charge in [-0.25, -0.2) is 9.48 Å². The smallest absolute Gasteiger partial charge is 0.262 e. The van der Waals surface area contributed by atoms with Crippen molar-refractivity contribution in [1.82, 2.24) is 4.48 Å². The van der Waals surface area contributed by atoms with E-state index in [4.69, 9.17) is 22.1 Å². The van der Waals surface area contributed by atoms with E-state index in [1.165, 1.54) is 11.3 Å². The quantitative estimate of drug-likeness (QED) is 0.814. The summed E-state index contributed by atoms with van der Waals surface area (Å²) in [5, 5.41) is 1.51. The zero-order chi connectivity index (χ0) is 17.3. The molecule has 2 heterocycles. The number of ether oxygens (including phenoxy) is 1. The third-order valence-corrected chi connectivity index (χ3v) is 5.47. The number of nitrogens with two attached hydrogens (primary N) is 1. The Hall–Kier alpha value is -2.15. The molecule has 2 atom stereocenters. The number of carbonyl (C=O) groups excluding carboxylic acids is 1. The number of carbonyl (C=O) groups is 1. The monoisotopic (exact) mass is 362 g/mol. The highest BCUT2D eigenvalue weighted by Gasteiger charge is 2.30. The molecule has 0 fully saturated rings. The van der Waals surface area contributed by atoms with Crippen LogP contribution in [0.25, 0.3) is 0 Å². The molecule has 2 unspecified atom stereocenters. The molecule has 1 aliphatic heterocycles. The van der Waals surface area contributed by atoms with Crippen molar-refractivity contribution in [3.05, 3.63) is 58.2 Å². The molecule has 1 aromatic carbocycles. The Kier molecular flexibility index (Phi) is 4.45. The molecule has 1 aromatic heterocycles. The van der Waals surface area contributed by atoms with Gasteiger partial charge in [0.05, 0.1) is 19.3 Å². The van der Waals surface area contributed by atoms with Crippen molar-refractivity contribution in [3.8, 4) is 5.75 Å². The largest absolute Gasteiger partial charge is 0.484 e. The first-order valence-electron chi connectivity index (χ1n) is 7.34. The molecule has 0 radical (unpaired) electrons. The fraction of sp³-hybridized carbons (Fsp3) is 0.176. The van der Waals surface area contributed by atoms with Crippen molar-refractivity contribution in [1.29, 1.82) is 0 Å². The van der Waals surface area contributed by atoms with E-state index in [1.54, 1.807) is 12.5 Å². The van der Waals surface area contributed by atoms with E-state index in [2.05, 4.69) is 4.99 Å². The van der Waals surface area contributed by atoms with Gasteiger partial charge in [0.15, 0.2) is 6.34 Å². The summed E-state index contributed by atoms with van der Waals surface area (Å²) in [6.45, 7) is 1.89. The third kappa shape index (κ3) is 3.08. The lowest BCUT2D eigenvalue weighted by Crippen LogP contribution is -2.34. The van der Waals surface area contributed by atoms with Gasteiger partial charge in [0.1, 0.15) is 22.9 Å². The first kappa shape index (κ1) is 16.7. The molecular formula is C17H17ClN3O2S+. The van der Waals surface area contributed by atoms with Gasteiger partial charge in [0.25, 0.3) is 5.91 Å². The van der Waals surface area contributed by atoms with Gasteiger partial charge < -0.3 is 10.5 Å². The minimum atomic E-state index is -0.515. The number of quaternary nitrogens is 1. The van der Waals surface area contributed by atoms with Crippen LogP contribution in [0.5, 0.6) is 5.75 Å². The Balaban J connectivity index is 1.94. The van der Waals surface area contributed by atoms with Crippen LogP contribution in [0.1, 0.15) is 28.3 Å². The van der Waals surface area contributed by atoms with Crippen molar-refractivity contribution in [2.24, 2.45) is 10.7 Å². The van der Waals surface area contributed by atoms with Gasteiger partial charge in [-0.1, -0.05) is 41.1 Å². The second-order valence-corrected chi connectivity index (χ2v) is 7.07. The summed E-state index contributed by atoms with van der Waals surface area (Å²) < 4.78 is 6.38. The van der Waals surface area contributed by atoms with Gasteiger partial charge in [-0.2, -0.15) is 0 Å². The SMILES string of the molecule is CC(Oc1cc([N+]2(C)C=CN=C2)sc1C(N)=O)c1ccccc1Cl. The second kappa shape index (κ2) is 6.39. The first-order chi connectivity index (χ1) is 11.4. The van der Waals surface area contributed by atoms with Gasteiger partial charge in [0.2, 0.25) is 5.00 Å². The zero-order valence-corrected chi connectivity index (χ0v) is 14.8. The average molecular weight is 363 g/mol. The molecule has 5 nitrogen and oxygen atoms in total. The minimum Gasteiger partial charge on any atom is -0.484 e. The summed E-state index contributed by atoms with van der Waals surface area (Å²) in [4.78, 5) is 16.3. The normalized spacial score (nSPS) is 20.3. The highest BCUT2D eigenvalue weighted by atomic mass is 35.5. The molecule has 1 amide bonds. The van der Waals surface area contributed by atoms with E-state index in [-0.39, 0.29) is 6.10 Å². The number of nitrogens with zero attached hydrogens (tertiary/aromatic N) is 2. The van der Waals surface area contributed by atoms with E-state index < -0.39 is 5.91 Å². The molecule has 2 aromatic rings. The Morgan fingerprint density at radius 2 is 2.17 bits per heavy atom. The fourth-order valence-electron chi connectivity index (χ4n) is 2.44. The molecule has 0 aliphatic carbocycles. The van der Waals surface area contributed by atoms with Crippen LogP contribution in [0, 0.1) is 0 Å². The van der Waals surface area contributed by atoms with Gasteiger partial charge in [-0.3, -0.25) is 4.79 Å². The fourth-order valence-corrected chi connectivity index (χ4v) is 3.72. The third-order valence-electron chi connectivity index (χ3n) is 3.80. The maximum Gasteiger partial charge on any atom is 0.262 e. The number of amides is 1. The van der Waals surface area contributed by atoms with Crippen LogP contribution in [0.2, 0.25) is 5.02 Å². The molecule has 0 bridgehead atoms. The number of halogens is 1.